The summed E-state index contributed by atoms with van der Waals surface area (Å²) in [6, 6.07) is 19.5. The zero-order chi connectivity index (χ0) is 20.9. The van der Waals surface area contributed by atoms with Crippen LogP contribution in [0.1, 0.15) is 11.1 Å². The predicted octanol–water partition coefficient (Wildman–Crippen LogP) is 2.23. The molecule has 0 unspecified atom stereocenters. The smallest absolute Gasteiger partial charge is 0.277 e. The molecular formula is C24H27N3O3. The van der Waals surface area contributed by atoms with E-state index in [4.69, 9.17) is 4.74 Å². The molecule has 1 saturated heterocycles. The molecule has 0 aliphatic carbocycles. The van der Waals surface area contributed by atoms with Crippen molar-refractivity contribution in [1.29, 1.82) is 0 Å². The van der Waals surface area contributed by atoms with E-state index in [0.29, 0.717) is 44.1 Å². The van der Waals surface area contributed by atoms with Gasteiger partial charge in [-0.25, -0.2) is 0 Å². The SMILES string of the molecule is CN(Cc1ccccc1)C1=C(c2ccccc2)C(=O)N(CCN2CCOCC2)C1=O. The summed E-state index contributed by atoms with van der Waals surface area (Å²) in [5.41, 5.74) is 2.82. The largest absolute Gasteiger partial charge is 0.379 e. The number of ether oxygens (including phenoxy) is 1. The molecule has 2 amide bonds. The molecule has 0 radical (unpaired) electrons. The molecule has 0 aromatic heterocycles. The molecule has 2 aliphatic heterocycles. The van der Waals surface area contributed by atoms with Gasteiger partial charge in [-0.1, -0.05) is 60.7 Å². The molecular weight excluding hydrogens is 378 g/mol. The highest BCUT2D eigenvalue weighted by Gasteiger charge is 2.40. The fourth-order valence-electron chi connectivity index (χ4n) is 3.99. The Morgan fingerprint density at radius 3 is 2.17 bits per heavy atom. The molecule has 6 nitrogen and oxygen atoms in total. The third-order valence-electron chi connectivity index (χ3n) is 5.59. The molecule has 4 rings (SSSR count). The van der Waals surface area contributed by atoms with E-state index in [-0.39, 0.29) is 11.8 Å². The summed E-state index contributed by atoms with van der Waals surface area (Å²) in [6.07, 6.45) is 0. The standard InChI is InChI=1S/C24H27N3O3/c1-25(18-19-8-4-2-5-9-19)22-21(20-10-6-3-7-11-20)23(28)27(24(22)29)13-12-26-14-16-30-17-15-26/h2-11H,12-18H2,1H3. The molecule has 2 aromatic rings. The van der Waals surface area contributed by atoms with Crippen LogP contribution in [0.15, 0.2) is 66.4 Å². The van der Waals surface area contributed by atoms with Crippen molar-refractivity contribution >= 4 is 17.4 Å². The Morgan fingerprint density at radius 1 is 0.867 bits per heavy atom. The van der Waals surface area contributed by atoms with Crippen molar-refractivity contribution in [2.45, 2.75) is 6.54 Å². The summed E-state index contributed by atoms with van der Waals surface area (Å²) in [5.74, 6) is -0.431. The minimum atomic E-state index is -0.217. The van der Waals surface area contributed by atoms with Crippen molar-refractivity contribution in [2.75, 3.05) is 46.4 Å². The summed E-state index contributed by atoms with van der Waals surface area (Å²) in [4.78, 5) is 32.2. The zero-order valence-corrected chi connectivity index (χ0v) is 17.3. The van der Waals surface area contributed by atoms with Crippen molar-refractivity contribution in [3.05, 3.63) is 77.5 Å². The van der Waals surface area contributed by atoms with Crippen molar-refractivity contribution in [2.24, 2.45) is 0 Å². The summed E-state index contributed by atoms with van der Waals surface area (Å²) in [6.45, 7) is 4.66. The highest BCUT2D eigenvalue weighted by atomic mass is 16.5. The summed E-state index contributed by atoms with van der Waals surface area (Å²) >= 11 is 0. The van der Waals surface area contributed by atoms with Gasteiger partial charge in [0.05, 0.1) is 18.8 Å². The third-order valence-corrected chi connectivity index (χ3v) is 5.59. The maximum absolute atomic E-state index is 13.4. The van der Waals surface area contributed by atoms with Gasteiger partial charge in [0.2, 0.25) is 0 Å². The second-order valence-electron chi connectivity index (χ2n) is 7.65. The monoisotopic (exact) mass is 405 g/mol. The number of likely N-dealkylation sites (N-methyl/N-ethyl adjacent to an activating group) is 1. The van der Waals surface area contributed by atoms with Crippen LogP contribution in [0.25, 0.3) is 5.57 Å². The first-order valence-electron chi connectivity index (χ1n) is 10.4. The van der Waals surface area contributed by atoms with Crippen LogP contribution in [-0.4, -0.2) is 73.0 Å². The molecule has 0 N–H and O–H groups in total. The molecule has 30 heavy (non-hydrogen) atoms. The first kappa shape index (κ1) is 20.3. The lowest BCUT2D eigenvalue weighted by Gasteiger charge is -2.28. The van der Waals surface area contributed by atoms with Gasteiger partial charge in [-0.3, -0.25) is 19.4 Å². The van der Waals surface area contributed by atoms with E-state index in [2.05, 4.69) is 4.90 Å². The number of hydrogen-bond donors (Lipinski definition) is 0. The molecule has 156 valence electrons. The quantitative estimate of drug-likeness (QED) is 0.662. The number of carbonyl (C=O) groups excluding carboxylic acids is 2. The van der Waals surface area contributed by atoms with Crippen LogP contribution < -0.4 is 0 Å². The number of carbonyl (C=O) groups is 2. The molecule has 2 aromatic carbocycles. The summed E-state index contributed by atoms with van der Waals surface area (Å²) < 4.78 is 5.39. The minimum Gasteiger partial charge on any atom is -0.379 e. The predicted molar refractivity (Wildman–Crippen MR) is 115 cm³/mol. The average Bonchev–Trinajstić information content (AvgIpc) is 3.04. The Morgan fingerprint density at radius 2 is 1.50 bits per heavy atom. The van der Waals surface area contributed by atoms with Crippen LogP contribution >= 0.6 is 0 Å². The van der Waals surface area contributed by atoms with Crippen molar-refractivity contribution in [3.8, 4) is 0 Å². The number of benzene rings is 2. The molecule has 0 spiro atoms. The van der Waals surface area contributed by atoms with Crippen LogP contribution in [0, 0.1) is 0 Å². The first-order valence-corrected chi connectivity index (χ1v) is 10.4. The van der Waals surface area contributed by atoms with E-state index in [1.54, 1.807) is 0 Å². The van der Waals surface area contributed by atoms with Crippen molar-refractivity contribution < 1.29 is 14.3 Å². The fourth-order valence-corrected chi connectivity index (χ4v) is 3.99. The van der Waals surface area contributed by atoms with Crippen LogP contribution in [-0.2, 0) is 20.9 Å². The molecule has 2 heterocycles. The van der Waals surface area contributed by atoms with E-state index in [0.717, 1.165) is 24.2 Å². The van der Waals surface area contributed by atoms with E-state index in [1.165, 1.54) is 4.90 Å². The van der Waals surface area contributed by atoms with Crippen LogP contribution in [0.5, 0.6) is 0 Å². The summed E-state index contributed by atoms with van der Waals surface area (Å²) in [7, 11) is 1.88. The maximum Gasteiger partial charge on any atom is 0.277 e. The lowest BCUT2D eigenvalue weighted by atomic mass is 10.0. The molecule has 0 saturated carbocycles. The Hall–Kier alpha value is -2.96. The normalized spacial score (nSPS) is 17.7. The number of rotatable bonds is 7. The van der Waals surface area contributed by atoms with E-state index in [1.807, 2.05) is 72.6 Å². The second-order valence-corrected chi connectivity index (χ2v) is 7.65. The lowest BCUT2D eigenvalue weighted by Crippen LogP contribution is -2.43. The van der Waals surface area contributed by atoms with Gasteiger partial charge >= 0.3 is 0 Å². The van der Waals surface area contributed by atoms with Crippen molar-refractivity contribution in [1.82, 2.24) is 14.7 Å². The minimum absolute atomic E-state index is 0.214. The highest BCUT2D eigenvalue weighted by molar-refractivity contribution is 6.35. The number of morpholine rings is 1. The van der Waals surface area contributed by atoms with Crippen molar-refractivity contribution in [3.63, 3.8) is 0 Å². The number of hydrogen-bond acceptors (Lipinski definition) is 5. The highest BCUT2D eigenvalue weighted by Crippen LogP contribution is 2.31. The molecule has 0 bridgehead atoms. The van der Waals surface area contributed by atoms with Gasteiger partial charge in [-0.15, -0.1) is 0 Å². The van der Waals surface area contributed by atoms with Gasteiger partial charge in [0.15, 0.2) is 0 Å². The Kier molecular flexibility index (Phi) is 6.26. The van der Waals surface area contributed by atoms with Crippen LogP contribution in [0.4, 0.5) is 0 Å². The number of nitrogens with zero attached hydrogens (tertiary/aromatic N) is 3. The Bertz CT molecular complexity index is 921. The molecule has 0 atom stereocenters. The maximum atomic E-state index is 13.4. The van der Waals surface area contributed by atoms with E-state index < -0.39 is 0 Å². The Balaban J connectivity index is 1.59. The lowest BCUT2D eigenvalue weighted by molar-refractivity contribution is -0.137. The van der Waals surface area contributed by atoms with Gasteiger partial charge in [-0.2, -0.15) is 0 Å². The van der Waals surface area contributed by atoms with Crippen LogP contribution in [0.2, 0.25) is 0 Å². The van der Waals surface area contributed by atoms with Gasteiger partial charge in [0.25, 0.3) is 11.8 Å². The fraction of sp³-hybridized carbons (Fsp3) is 0.333. The summed E-state index contributed by atoms with van der Waals surface area (Å²) in [5, 5.41) is 0. The Labute approximate surface area is 177 Å². The average molecular weight is 405 g/mol. The van der Waals surface area contributed by atoms with E-state index in [9.17, 15) is 9.59 Å². The topological polar surface area (TPSA) is 53.1 Å². The van der Waals surface area contributed by atoms with Crippen LogP contribution in [0.3, 0.4) is 0 Å². The number of amides is 2. The van der Waals surface area contributed by atoms with Gasteiger partial charge in [0.1, 0.15) is 5.70 Å². The number of imide groups is 1. The first-order chi connectivity index (χ1) is 14.6. The zero-order valence-electron chi connectivity index (χ0n) is 17.3. The third kappa shape index (κ3) is 4.30. The molecule has 1 fully saturated rings. The van der Waals surface area contributed by atoms with Gasteiger partial charge in [0, 0.05) is 39.8 Å². The molecule has 2 aliphatic rings. The van der Waals surface area contributed by atoms with Gasteiger partial charge in [-0.05, 0) is 11.1 Å². The molecule has 6 heteroatoms. The van der Waals surface area contributed by atoms with E-state index >= 15 is 0 Å². The van der Waals surface area contributed by atoms with Gasteiger partial charge < -0.3 is 9.64 Å². The second kappa shape index (κ2) is 9.24.